The predicted octanol–water partition coefficient (Wildman–Crippen LogP) is 1.91. The van der Waals surface area contributed by atoms with Crippen molar-refractivity contribution < 1.29 is 34.0 Å². The van der Waals surface area contributed by atoms with Crippen molar-refractivity contribution in [3.05, 3.63) is 42.0 Å². The number of rotatable bonds is 6. The molecule has 0 aliphatic heterocycles. The van der Waals surface area contributed by atoms with Crippen LogP contribution in [0.2, 0.25) is 0 Å². The lowest BCUT2D eigenvalue weighted by atomic mass is 10.2. The summed E-state index contributed by atoms with van der Waals surface area (Å²) in [7, 11) is 2.94. The van der Waals surface area contributed by atoms with E-state index in [1.165, 1.54) is 20.3 Å². The Kier molecular flexibility index (Phi) is 5.67. The molecule has 0 aliphatic rings. The van der Waals surface area contributed by atoms with Gasteiger partial charge in [0.05, 0.1) is 25.5 Å². The summed E-state index contributed by atoms with van der Waals surface area (Å²) in [5, 5.41) is 21.1. The van der Waals surface area contributed by atoms with Gasteiger partial charge in [-0.05, 0) is 30.3 Å². The molecule has 25 heavy (non-hydrogen) atoms. The molecule has 1 amide bonds. The Labute approximate surface area is 143 Å². The predicted molar refractivity (Wildman–Crippen MR) is 88.2 cm³/mol. The van der Waals surface area contributed by atoms with Crippen molar-refractivity contribution in [2.75, 3.05) is 26.1 Å². The number of nitrogens with one attached hydrogen (secondary N) is 1. The molecule has 2 aromatic carbocycles. The number of carbonyl (C=O) groups excluding carboxylic acids is 2. The normalized spacial score (nSPS) is 10.0. The first-order chi connectivity index (χ1) is 11.9. The first-order valence-corrected chi connectivity index (χ1v) is 7.15. The Bertz CT molecular complexity index is 789. The van der Waals surface area contributed by atoms with Crippen LogP contribution in [0.4, 0.5) is 5.69 Å². The van der Waals surface area contributed by atoms with E-state index in [1.807, 2.05) is 0 Å². The maximum absolute atomic E-state index is 12.0. The molecule has 8 heteroatoms. The topological polar surface area (TPSA) is 114 Å². The van der Waals surface area contributed by atoms with Crippen LogP contribution in [-0.2, 0) is 9.53 Å². The van der Waals surface area contributed by atoms with Crippen LogP contribution in [0.25, 0.3) is 0 Å². The van der Waals surface area contributed by atoms with Gasteiger partial charge in [-0.1, -0.05) is 0 Å². The largest absolute Gasteiger partial charge is 0.504 e. The molecule has 8 nitrogen and oxygen atoms in total. The fraction of sp³-hybridized carbons (Fsp3) is 0.176. The highest BCUT2D eigenvalue weighted by Gasteiger charge is 2.14. The number of phenolic OH excluding ortho intramolecular Hbond substituents is 2. The van der Waals surface area contributed by atoms with E-state index in [0.717, 1.165) is 12.1 Å². The van der Waals surface area contributed by atoms with Gasteiger partial charge >= 0.3 is 5.97 Å². The third-order valence-corrected chi connectivity index (χ3v) is 3.23. The molecule has 0 unspecified atom stereocenters. The fourth-order valence-electron chi connectivity index (χ4n) is 1.96. The molecule has 0 fully saturated rings. The summed E-state index contributed by atoms with van der Waals surface area (Å²) in [6.45, 7) is -0.541. The quantitative estimate of drug-likeness (QED) is 0.540. The molecule has 0 aromatic heterocycles. The van der Waals surface area contributed by atoms with Gasteiger partial charge in [-0.2, -0.15) is 0 Å². The van der Waals surface area contributed by atoms with Gasteiger partial charge in [0.2, 0.25) is 0 Å². The Hall–Kier alpha value is -3.42. The van der Waals surface area contributed by atoms with Gasteiger partial charge in [-0.25, -0.2) is 4.79 Å². The van der Waals surface area contributed by atoms with Crippen LogP contribution >= 0.6 is 0 Å². The minimum Gasteiger partial charge on any atom is -0.504 e. The summed E-state index contributed by atoms with van der Waals surface area (Å²) < 4.78 is 15.1. The standard InChI is InChI=1S/C17H17NO7/c1-23-11-4-6-15(24-2)12(8-11)18-16(21)9-25-17(22)10-3-5-13(19)14(20)7-10/h3-8,19-20H,9H2,1-2H3,(H,18,21). The summed E-state index contributed by atoms with van der Waals surface area (Å²) >= 11 is 0. The summed E-state index contributed by atoms with van der Waals surface area (Å²) in [6, 6.07) is 8.32. The zero-order valence-electron chi connectivity index (χ0n) is 13.6. The molecule has 0 radical (unpaired) electrons. The number of methoxy groups -OCH3 is 2. The van der Waals surface area contributed by atoms with Crippen molar-refractivity contribution in [3.8, 4) is 23.0 Å². The second-order valence-corrected chi connectivity index (χ2v) is 4.89. The number of anilines is 1. The molecule has 132 valence electrons. The third kappa shape index (κ3) is 4.54. The summed E-state index contributed by atoms with van der Waals surface area (Å²) in [4.78, 5) is 23.8. The minimum absolute atomic E-state index is 0.00191. The van der Waals surface area contributed by atoms with E-state index >= 15 is 0 Å². The average Bonchev–Trinajstić information content (AvgIpc) is 2.61. The van der Waals surface area contributed by atoms with Crippen molar-refractivity contribution in [3.63, 3.8) is 0 Å². The number of phenols is 2. The maximum atomic E-state index is 12.0. The monoisotopic (exact) mass is 347 g/mol. The Morgan fingerprint density at radius 1 is 1.00 bits per heavy atom. The molecule has 0 atom stereocenters. The molecule has 0 saturated heterocycles. The molecule has 2 rings (SSSR count). The zero-order chi connectivity index (χ0) is 18.4. The second kappa shape index (κ2) is 7.91. The van der Waals surface area contributed by atoms with Gasteiger partial charge in [0.25, 0.3) is 5.91 Å². The van der Waals surface area contributed by atoms with Gasteiger partial charge in [0.1, 0.15) is 11.5 Å². The number of aromatic hydroxyl groups is 2. The van der Waals surface area contributed by atoms with Crippen LogP contribution in [0.1, 0.15) is 10.4 Å². The molecule has 0 saturated carbocycles. The molecule has 0 heterocycles. The molecule has 0 spiro atoms. The second-order valence-electron chi connectivity index (χ2n) is 4.89. The van der Waals surface area contributed by atoms with Crippen molar-refractivity contribution in [1.29, 1.82) is 0 Å². The van der Waals surface area contributed by atoms with Gasteiger partial charge < -0.3 is 29.7 Å². The van der Waals surface area contributed by atoms with Crippen molar-refractivity contribution >= 4 is 17.6 Å². The smallest absolute Gasteiger partial charge is 0.338 e. The number of hydrogen-bond acceptors (Lipinski definition) is 7. The number of esters is 1. The molecular formula is C17H17NO7. The van der Waals surface area contributed by atoms with Crippen LogP contribution in [0.3, 0.4) is 0 Å². The van der Waals surface area contributed by atoms with E-state index in [1.54, 1.807) is 18.2 Å². The van der Waals surface area contributed by atoms with E-state index in [-0.39, 0.29) is 11.3 Å². The highest BCUT2D eigenvalue weighted by Crippen LogP contribution is 2.29. The highest BCUT2D eigenvalue weighted by atomic mass is 16.5. The van der Waals surface area contributed by atoms with Crippen LogP contribution in [-0.4, -0.2) is 42.9 Å². The van der Waals surface area contributed by atoms with E-state index in [4.69, 9.17) is 14.2 Å². The average molecular weight is 347 g/mol. The number of amides is 1. The lowest BCUT2D eigenvalue weighted by Gasteiger charge is -2.12. The van der Waals surface area contributed by atoms with E-state index in [2.05, 4.69) is 5.32 Å². The Morgan fingerprint density at radius 2 is 1.76 bits per heavy atom. The SMILES string of the molecule is COc1ccc(OC)c(NC(=O)COC(=O)c2ccc(O)c(O)c2)c1. The Morgan fingerprint density at radius 3 is 2.40 bits per heavy atom. The van der Waals surface area contributed by atoms with Crippen molar-refractivity contribution in [2.45, 2.75) is 0 Å². The maximum Gasteiger partial charge on any atom is 0.338 e. The summed E-state index contributed by atoms with van der Waals surface area (Å²) in [5.41, 5.74) is 0.368. The van der Waals surface area contributed by atoms with E-state index in [9.17, 15) is 19.8 Å². The molecule has 0 bridgehead atoms. The molecule has 3 N–H and O–H groups in total. The van der Waals surface area contributed by atoms with Crippen LogP contribution < -0.4 is 14.8 Å². The summed E-state index contributed by atoms with van der Waals surface area (Å²) in [6.07, 6.45) is 0. The van der Waals surface area contributed by atoms with Crippen LogP contribution in [0, 0.1) is 0 Å². The van der Waals surface area contributed by atoms with Gasteiger partial charge in [-0.3, -0.25) is 4.79 Å². The van der Waals surface area contributed by atoms with E-state index in [0.29, 0.717) is 17.2 Å². The Balaban J connectivity index is 1.98. The van der Waals surface area contributed by atoms with E-state index < -0.39 is 24.2 Å². The minimum atomic E-state index is -0.817. The first-order valence-electron chi connectivity index (χ1n) is 7.15. The van der Waals surface area contributed by atoms with Crippen LogP contribution in [0.5, 0.6) is 23.0 Å². The summed E-state index contributed by atoms with van der Waals surface area (Å²) in [5.74, 6) is -1.28. The van der Waals surface area contributed by atoms with Gasteiger partial charge in [0.15, 0.2) is 18.1 Å². The van der Waals surface area contributed by atoms with Crippen molar-refractivity contribution in [1.82, 2.24) is 0 Å². The van der Waals surface area contributed by atoms with Gasteiger partial charge in [0, 0.05) is 6.07 Å². The lowest BCUT2D eigenvalue weighted by molar-refractivity contribution is -0.119. The fourth-order valence-corrected chi connectivity index (χ4v) is 1.96. The highest BCUT2D eigenvalue weighted by molar-refractivity contribution is 5.96. The number of benzene rings is 2. The van der Waals surface area contributed by atoms with Crippen LogP contribution in [0.15, 0.2) is 36.4 Å². The van der Waals surface area contributed by atoms with Crippen molar-refractivity contribution in [2.24, 2.45) is 0 Å². The molecule has 2 aromatic rings. The third-order valence-electron chi connectivity index (χ3n) is 3.23. The lowest BCUT2D eigenvalue weighted by Crippen LogP contribution is -2.21. The number of carbonyl (C=O) groups is 2. The molecular weight excluding hydrogens is 330 g/mol. The van der Waals surface area contributed by atoms with Gasteiger partial charge in [-0.15, -0.1) is 0 Å². The molecule has 0 aliphatic carbocycles. The number of ether oxygens (including phenoxy) is 3. The zero-order valence-corrected chi connectivity index (χ0v) is 13.6. The number of hydrogen-bond donors (Lipinski definition) is 3. The first kappa shape index (κ1) is 17.9.